The molecule has 29 heavy (non-hydrogen) atoms. The maximum atomic E-state index is 13.0. The molecule has 0 heterocycles. The zero-order valence-electron chi connectivity index (χ0n) is 15.9. The number of amides is 1. The zero-order chi connectivity index (χ0) is 20.6. The van der Waals surface area contributed by atoms with Crippen molar-refractivity contribution in [3.8, 4) is 0 Å². The maximum Gasteiger partial charge on any atom is 0.338 e. The van der Waals surface area contributed by atoms with Gasteiger partial charge in [0.1, 0.15) is 0 Å². The number of carbonyl (C=O) groups is 2. The largest absolute Gasteiger partial charge is 0.465 e. The molecule has 3 aromatic rings. The van der Waals surface area contributed by atoms with Crippen molar-refractivity contribution < 1.29 is 18.5 Å². The lowest BCUT2D eigenvalue weighted by Crippen LogP contribution is -2.33. The van der Waals surface area contributed by atoms with E-state index in [-0.39, 0.29) is 16.9 Å². The Balaban J connectivity index is 1.87. The van der Waals surface area contributed by atoms with Crippen molar-refractivity contribution in [3.05, 3.63) is 102 Å². The molecule has 0 saturated carbocycles. The average Bonchev–Trinajstić information content (AvgIpc) is 2.79. The summed E-state index contributed by atoms with van der Waals surface area (Å²) in [7, 11) is -0.0382. The molecule has 3 aromatic carbocycles. The monoisotopic (exact) mass is 407 g/mol. The average molecular weight is 407 g/mol. The van der Waals surface area contributed by atoms with E-state index in [1.54, 1.807) is 36.4 Å². The first-order valence-electron chi connectivity index (χ1n) is 9.06. The van der Waals surface area contributed by atoms with Crippen LogP contribution in [0.3, 0.4) is 0 Å². The molecule has 0 saturated heterocycles. The molecule has 1 N–H and O–H groups in total. The summed E-state index contributed by atoms with van der Waals surface area (Å²) in [6.45, 7) is 0. The first-order chi connectivity index (χ1) is 14.1. The minimum Gasteiger partial charge on any atom is -0.465 e. The van der Waals surface area contributed by atoms with Crippen LogP contribution in [0.25, 0.3) is 0 Å². The van der Waals surface area contributed by atoms with E-state index in [2.05, 4.69) is 5.32 Å². The summed E-state index contributed by atoms with van der Waals surface area (Å²) in [5.74, 6) is -0.801. The second-order valence-corrected chi connectivity index (χ2v) is 7.79. The Kier molecular flexibility index (Phi) is 6.92. The van der Waals surface area contributed by atoms with Gasteiger partial charge in [0.2, 0.25) is 0 Å². The third-order valence-electron chi connectivity index (χ3n) is 4.41. The molecular weight excluding hydrogens is 386 g/mol. The van der Waals surface area contributed by atoms with Crippen LogP contribution in [0.4, 0.5) is 0 Å². The summed E-state index contributed by atoms with van der Waals surface area (Å²) in [4.78, 5) is 25.7. The van der Waals surface area contributed by atoms with Crippen LogP contribution >= 0.6 is 0 Å². The van der Waals surface area contributed by atoms with Crippen molar-refractivity contribution in [2.45, 2.75) is 10.9 Å². The predicted molar refractivity (Wildman–Crippen MR) is 112 cm³/mol. The van der Waals surface area contributed by atoms with E-state index in [1.165, 1.54) is 7.11 Å². The molecule has 0 radical (unpaired) electrons. The summed E-state index contributed by atoms with van der Waals surface area (Å²) >= 11 is 0. The number of nitrogens with one attached hydrogen (secondary N) is 1. The molecule has 0 aliphatic heterocycles. The van der Waals surface area contributed by atoms with Gasteiger partial charge in [-0.1, -0.05) is 60.7 Å². The minimum absolute atomic E-state index is 0.184. The zero-order valence-corrected chi connectivity index (χ0v) is 16.7. The van der Waals surface area contributed by atoms with Gasteiger partial charge in [-0.25, -0.2) is 4.79 Å². The van der Waals surface area contributed by atoms with Gasteiger partial charge >= 0.3 is 5.97 Å². The van der Waals surface area contributed by atoms with E-state index in [0.29, 0.717) is 4.90 Å². The van der Waals surface area contributed by atoms with Crippen molar-refractivity contribution >= 4 is 22.7 Å². The Morgan fingerprint density at radius 1 is 0.862 bits per heavy atom. The second kappa shape index (κ2) is 9.80. The number of esters is 1. The summed E-state index contributed by atoms with van der Waals surface area (Å²) in [6.07, 6.45) is 0. The minimum atomic E-state index is -1.31. The lowest BCUT2D eigenvalue weighted by atomic mass is 10.0. The van der Waals surface area contributed by atoms with Gasteiger partial charge in [0.05, 0.1) is 40.8 Å². The fraction of sp³-hybridized carbons (Fsp3) is 0.130. The lowest BCUT2D eigenvalue weighted by molar-refractivity contribution is 0.0596. The lowest BCUT2D eigenvalue weighted by Gasteiger charge is -2.20. The van der Waals surface area contributed by atoms with E-state index < -0.39 is 28.7 Å². The summed E-state index contributed by atoms with van der Waals surface area (Å²) < 4.78 is 17.6. The number of hydrogen-bond acceptors (Lipinski definition) is 4. The fourth-order valence-electron chi connectivity index (χ4n) is 2.93. The molecule has 5 nitrogen and oxygen atoms in total. The van der Waals surface area contributed by atoms with Crippen molar-refractivity contribution in [2.24, 2.45) is 0 Å². The van der Waals surface area contributed by atoms with Crippen molar-refractivity contribution in [1.82, 2.24) is 5.32 Å². The normalized spacial score (nSPS) is 12.6. The van der Waals surface area contributed by atoms with Gasteiger partial charge in [-0.3, -0.25) is 9.00 Å². The van der Waals surface area contributed by atoms with E-state index >= 15 is 0 Å². The van der Waals surface area contributed by atoms with Gasteiger partial charge in [-0.2, -0.15) is 0 Å². The van der Waals surface area contributed by atoms with Crippen LogP contribution < -0.4 is 5.32 Å². The third kappa shape index (κ3) is 5.18. The van der Waals surface area contributed by atoms with Crippen LogP contribution in [-0.4, -0.2) is 28.9 Å². The van der Waals surface area contributed by atoms with Crippen molar-refractivity contribution in [3.63, 3.8) is 0 Å². The molecule has 0 aromatic heterocycles. The van der Waals surface area contributed by atoms with Crippen LogP contribution in [0.2, 0.25) is 0 Å². The standard InChI is InChI=1S/C23H21NO4S/c1-28-23(26)20-15-9-8-14-19(20)22(25)24-21(17-10-4-2-5-11-17)16-29(27)18-12-6-3-7-13-18/h2-15,21H,16H2,1H3,(H,24,25)/t21-,29?/m1/s1. The van der Waals surface area contributed by atoms with E-state index in [0.717, 1.165) is 5.56 Å². The van der Waals surface area contributed by atoms with Gasteiger partial charge in [0, 0.05) is 4.90 Å². The molecule has 1 unspecified atom stereocenters. The van der Waals surface area contributed by atoms with Gasteiger partial charge in [0.15, 0.2) is 0 Å². The van der Waals surface area contributed by atoms with Crippen LogP contribution in [0.1, 0.15) is 32.3 Å². The number of benzene rings is 3. The number of hydrogen-bond donors (Lipinski definition) is 1. The molecule has 1 amide bonds. The van der Waals surface area contributed by atoms with Crippen LogP contribution in [0, 0.1) is 0 Å². The van der Waals surface area contributed by atoms with Crippen LogP contribution in [-0.2, 0) is 15.5 Å². The second-order valence-electron chi connectivity index (χ2n) is 6.30. The highest BCUT2D eigenvalue weighted by Gasteiger charge is 2.22. The Morgan fingerprint density at radius 3 is 2.03 bits per heavy atom. The Bertz CT molecular complexity index is 1010. The van der Waals surface area contributed by atoms with Crippen LogP contribution in [0.15, 0.2) is 89.8 Å². The molecule has 3 rings (SSSR count). The van der Waals surface area contributed by atoms with Gasteiger partial charge in [-0.05, 0) is 29.8 Å². The molecule has 6 heteroatoms. The molecule has 148 valence electrons. The highest BCUT2D eigenvalue weighted by molar-refractivity contribution is 7.85. The van der Waals surface area contributed by atoms with Gasteiger partial charge in [0.25, 0.3) is 5.91 Å². The Hall–Kier alpha value is -3.25. The summed E-state index contributed by atoms with van der Waals surface area (Å²) in [5.41, 5.74) is 1.23. The first kappa shape index (κ1) is 20.5. The quantitative estimate of drug-likeness (QED) is 0.606. The summed E-state index contributed by atoms with van der Waals surface area (Å²) in [5, 5.41) is 2.93. The molecule has 0 aliphatic carbocycles. The van der Waals surface area contributed by atoms with Crippen LogP contribution in [0.5, 0.6) is 0 Å². The predicted octanol–water partition coefficient (Wildman–Crippen LogP) is 3.75. The highest BCUT2D eigenvalue weighted by atomic mass is 32.2. The number of carbonyl (C=O) groups excluding carboxylic acids is 2. The van der Waals surface area contributed by atoms with E-state index in [4.69, 9.17) is 4.74 Å². The Labute approximate surface area is 172 Å². The Morgan fingerprint density at radius 2 is 1.41 bits per heavy atom. The molecule has 0 aliphatic rings. The molecule has 2 atom stereocenters. The first-order valence-corrected chi connectivity index (χ1v) is 10.4. The molecule has 0 spiro atoms. The molecular formula is C23H21NO4S. The number of rotatable bonds is 7. The fourth-order valence-corrected chi connectivity index (χ4v) is 4.16. The van der Waals surface area contributed by atoms with Gasteiger partial charge < -0.3 is 10.1 Å². The van der Waals surface area contributed by atoms with Crippen molar-refractivity contribution in [2.75, 3.05) is 12.9 Å². The molecule has 0 fully saturated rings. The SMILES string of the molecule is COC(=O)c1ccccc1C(=O)N[C@H](CS(=O)c1ccccc1)c1ccccc1. The smallest absolute Gasteiger partial charge is 0.338 e. The third-order valence-corrected chi connectivity index (χ3v) is 5.84. The topological polar surface area (TPSA) is 72.5 Å². The molecule has 0 bridgehead atoms. The number of ether oxygens (including phenoxy) is 1. The van der Waals surface area contributed by atoms with Gasteiger partial charge in [-0.15, -0.1) is 0 Å². The maximum absolute atomic E-state index is 13.0. The van der Waals surface area contributed by atoms with Crippen molar-refractivity contribution in [1.29, 1.82) is 0 Å². The van der Waals surface area contributed by atoms with E-state index in [1.807, 2.05) is 48.5 Å². The summed E-state index contributed by atoms with van der Waals surface area (Å²) in [6, 6.07) is 24.4. The van der Waals surface area contributed by atoms with E-state index in [9.17, 15) is 13.8 Å². The highest BCUT2D eigenvalue weighted by Crippen LogP contribution is 2.19. The number of methoxy groups -OCH3 is 1.